The Labute approximate surface area is 126 Å². The molecule has 0 saturated carbocycles. The second-order valence-corrected chi connectivity index (χ2v) is 7.82. The molecule has 2 aliphatic rings. The molecule has 2 aliphatic heterocycles. The van der Waals surface area contributed by atoms with E-state index in [0.717, 1.165) is 18.2 Å². The Morgan fingerprint density at radius 3 is 2.62 bits per heavy atom. The van der Waals surface area contributed by atoms with Gasteiger partial charge in [-0.15, -0.1) is 0 Å². The Balaban J connectivity index is 1.63. The third kappa shape index (κ3) is 3.22. The maximum Gasteiger partial charge on any atom is 0.240 e. The minimum absolute atomic E-state index is 0.307. The Bertz CT molecular complexity index is 585. The molecule has 1 aromatic rings. The molecule has 6 heteroatoms. The van der Waals surface area contributed by atoms with E-state index >= 15 is 0 Å². The molecule has 2 fully saturated rings. The first-order chi connectivity index (χ1) is 10.1. The van der Waals surface area contributed by atoms with Gasteiger partial charge in [0.05, 0.1) is 4.90 Å². The largest absolute Gasteiger partial charge is 0.382 e. The average Bonchev–Trinajstić information content (AvgIpc) is 2.95. The van der Waals surface area contributed by atoms with E-state index in [1.807, 2.05) is 12.1 Å². The lowest BCUT2D eigenvalue weighted by Crippen LogP contribution is -2.42. The molecule has 2 atom stereocenters. The Morgan fingerprint density at radius 1 is 1.14 bits per heavy atom. The molecule has 2 unspecified atom stereocenters. The van der Waals surface area contributed by atoms with Crippen LogP contribution in [0.4, 0.5) is 5.69 Å². The third-order valence-corrected chi connectivity index (χ3v) is 6.05. The molecule has 2 N–H and O–H groups in total. The number of fused-ring (bicyclic) bond motifs is 1. The zero-order valence-electron chi connectivity index (χ0n) is 12.4. The van der Waals surface area contributed by atoms with Gasteiger partial charge in [0.1, 0.15) is 0 Å². The van der Waals surface area contributed by atoms with Crippen molar-refractivity contribution in [3.63, 3.8) is 0 Å². The highest BCUT2D eigenvalue weighted by molar-refractivity contribution is 7.89. The van der Waals surface area contributed by atoms with Crippen LogP contribution in [0.25, 0.3) is 0 Å². The van der Waals surface area contributed by atoms with Gasteiger partial charge in [0.15, 0.2) is 0 Å². The van der Waals surface area contributed by atoms with Crippen molar-refractivity contribution in [3.05, 3.63) is 24.3 Å². The summed E-state index contributed by atoms with van der Waals surface area (Å²) in [6.07, 6.45) is 5.00. The second kappa shape index (κ2) is 5.94. The van der Waals surface area contributed by atoms with Crippen LogP contribution in [-0.4, -0.2) is 45.5 Å². The molecule has 2 saturated heterocycles. The van der Waals surface area contributed by atoms with Crippen molar-refractivity contribution in [3.8, 4) is 0 Å². The lowest BCUT2D eigenvalue weighted by atomic mass is 9.97. The third-order valence-electron chi connectivity index (χ3n) is 4.62. The van der Waals surface area contributed by atoms with Crippen LogP contribution in [0.1, 0.15) is 25.7 Å². The van der Waals surface area contributed by atoms with E-state index in [1.165, 1.54) is 39.4 Å². The smallest absolute Gasteiger partial charge is 0.240 e. The maximum absolute atomic E-state index is 11.7. The maximum atomic E-state index is 11.7. The summed E-state index contributed by atoms with van der Waals surface area (Å²) in [7, 11) is -1.92. The number of nitrogens with zero attached hydrogens (tertiary/aromatic N) is 1. The molecule has 5 nitrogen and oxygen atoms in total. The number of rotatable bonds is 4. The van der Waals surface area contributed by atoms with Gasteiger partial charge >= 0.3 is 0 Å². The molecule has 0 bridgehead atoms. The molecule has 0 aliphatic carbocycles. The molecule has 0 aromatic heterocycles. The van der Waals surface area contributed by atoms with Gasteiger partial charge in [0, 0.05) is 24.3 Å². The SMILES string of the molecule is CNS(=O)(=O)c1ccc(NC2CCN3CCCC3C2)cc1. The zero-order valence-corrected chi connectivity index (χ0v) is 13.2. The highest BCUT2D eigenvalue weighted by atomic mass is 32.2. The monoisotopic (exact) mass is 309 g/mol. The number of anilines is 1. The molecule has 0 spiro atoms. The Hall–Kier alpha value is -1.11. The summed E-state index contributed by atoms with van der Waals surface area (Å²) in [4.78, 5) is 2.90. The van der Waals surface area contributed by atoms with Crippen LogP contribution < -0.4 is 10.0 Å². The first-order valence-corrected chi connectivity index (χ1v) is 9.11. The van der Waals surface area contributed by atoms with E-state index in [2.05, 4.69) is 14.9 Å². The number of hydrogen-bond donors (Lipinski definition) is 2. The molecule has 0 radical (unpaired) electrons. The zero-order chi connectivity index (χ0) is 14.9. The van der Waals surface area contributed by atoms with Crippen LogP contribution in [0.3, 0.4) is 0 Å². The van der Waals surface area contributed by atoms with Gasteiger partial charge in [0.2, 0.25) is 10.0 Å². The van der Waals surface area contributed by atoms with Gasteiger partial charge in [0.25, 0.3) is 0 Å². The standard InChI is InChI=1S/C15H23N3O2S/c1-16-21(19,20)15-6-4-12(5-7-15)17-13-8-10-18-9-2-3-14(18)11-13/h4-7,13-14,16-17H,2-3,8-11H2,1H3. The van der Waals surface area contributed by atoms with Crippen molar-refractivity contribution in [2.45, 2.75) is 42.7 Å². The van der Waals surface area contributed by atoms with Crippen molar-refractivity contribution < 1.29 is 8.42 Å². The topological polar surface area (TPSA) is 61.4 Å². The molecule has 3 rings (SSSR count). The fourth-order valence-corrected chi connectivity index (χ4v) is 4.17. The van der Waals surface area contributed by atoms with Gasteiger partial charge in [-0.2, -0.15) is 0 Å². The molecule has 2 heterocycles. The van der Waals surface area contributed by atoms with E-state index in [0.29, 0.717) is 10.9 Å². The van der Waals surface area contributed by atoms with Crippen LogP contribution in [0, 0.1) is 0 Å². The minimum Gasteiger partial charge on any atom is -0.382 e. The van der Waals surface area contributed by atoms with Crippen molar-refractivity contribution in [2.75, 3.05) is 25.5 Å². The van der Waals surface area contributed by atoms with Gasteiger partial charge in [-0.25, -0.2) is 13.1 Å². The van der Waals surface area contributed by atoms with E-state index in [-0.39, 0.29) is 0 Å². The normalized spacial score (nSPS) is 26.5. The fourth-order valence-electron chi connectivity index (χ4n) is 3.44. The summed E-state index contributed by atoms with van der Waals surface area (Å²) in [5, 5.41) is 3.55. The highest BCUT2D eigenvalue weighted by Crippen LogP contribution is 2.28. The van der Waals surface area contributed by atoms with E-state index < -0.39 is 10.0 Å². The summed E-state index contributed by atoms with van der Waals surface area (Å²) in [6.45, 7) is 2.43. The number of hydrogen-bond acceptors (Lipinski definition) is 4. The number of nitrogens with one attached hydrogen (secondary N) is 2. The molecule has 21 heavy (non-hydrogen) atoms. The first-order valence-electron chi connectivity index (χ1n) is 7.63. The summed E-state index contributed by atoms with van der Waals surface area (Å²) in [6, 6.07) is 8.24. The predicted octanol–water partition coefficient (Wildman–Crippen LogP) is 1.63. The fraction of sp³-hybridized carbons (Fsp3) is 0.600. The Morgan fingerprint density at radius 2 is 1.90 bits per heavy atom. The van der Waals surface area contributed by atoms with Crippen molar-refractivity contribution >= 4 is 15.7 Å². The lowest BCUT2D eigenvalue weighted by molar-refractivity contribution is 0.188. The van der Waals surface area contributed by atoms with Gasteiger partial charge in [-0.3, -0.25) is 0 Å². The summed E-state index contributed by atoms with van der Waals surface area (Å²) in [5.41, 5.74) is 1.00. The van der Waals surface area contributed by atoms with E-state index in [1.54, 1.807) is 12.1 Å². The number of benzene rings is 1. The minimum atomic E-state index is -3.34. The molecular weight excluding hydrogens is 286 g/mol. The summed E-state index contributed by atoms with van der Waals surface area (Å²) in [5.74, 6) is 0. The summed E-state index contributed by atoms with van der Waals surface area (Å²) < 4.78 is 25.7. The van der Waals surface area contributed by atoms with Crippen LogP contribution in [0.2, 0.25) is 0 Å². The number of sulfonamides is 1. The van der Waals surface area contributed by atoms with Gasteiger partial charge in [-0.1, -0.05) is 0 Å². The van der Waals surface area contributed by atoms with E-state index in [4.69, 9.17) is 0 Å². The molecule has 1 aromatic carbocycles. The van der Waals surface area contributed by atoms with Crippen LogP contribution in [-0.2, 0) is 10.0 Å². The van der Waals surface area contributed by atoms with Crippen LogP contribution >= 0.6 is 0 Å². The molecule has 0 amide bonds. The summed E-state index contributed by atoms with van der Waals surface area (Å²) >= 11 is 0. The number of piperidine rings is 1. The van der Waals surface area contributed by atoms with Gasteiger partial charge in [-0.05, 0) is 63.5 Å². The quantitative estimate of drug-likeness (QED) is 0.887. The predicted molar refractivity (Wildman–Crippen MR) is 83.9 cm³/mol. The first kappa shape index (κ1) is 14.8. The Kier molecular flexibility index (Phi) is 4.19. The lowest BCUT2D eigenvalue weighted by Gasteiger charge is -2.35. The van der Waals surface area contributed by atoms with Crippen molar-refractivity contribution in [2.24, 2.45) is 0 Å². The van der Waals surface area contributed by atoms with Gasteiger partial charge < -0.3 is 10.2 Å². The van der Waals surface area contributed by atoms with Crippen LogP contribution in [0.15, 0.2) is 29.2 Å². The van der Waals surface area contributed by atoms with Crippen molar-refractivity contribution in [1.29, 1.82) is 0 Å². The highest BCUT2D eigenvalue weighted by Gasteiger charge is 2.31. The van der Waals surface area contributed by atoms with E-state index in [9.17, 15) is 8.42 Å². The molecule has 116 valence electrons. The molecular formula is C15H23N3O2S. The second-order valence-electron chi connectivity index (χ2n) is 5.93. The average molecular weight is 309 g/mol. The van der Waals surface area contributed by atoms with Crippen molar-refractivity contribution in [1.82, 2.24) is 9.62 Å². The van der Waals surface area contributed by atoms with Crippen LogP contribution in [0.5, 0.6) is 0 Å².